The van der Waals surface area contributed by atoms with Crippen molar-refractivity contribution in [3.05, 3.63) is 95.1 Å². The van der Waals surface area contributed by atoms with Crippen molar-refractivity contribution in [3.8, 4) is 11.5 Å². The van der Waals surface area contributed by atoms with E-state index in [1.165, 1.54) is 12.0 Å². The van der Waals surface area contributed by atoms with Gasteiger partial charge >= 0.3 is 0 Å². The van der Waals surface area contributed by atoms with Crippen LogP contribution in [-0.4, -0.2) is 30.5 Å². The number of hydrogen-bond acceptors (Lipinski definition) is 5. The van der Waals surface area contributed by atoms with Crippen molar-refractivity contribution in [1.29, 1.82) is 0 Å². The molecule has 1 saturated heterocycles. The Balaban J connectivity index is 1.79. The van der Waals surface area contributed by atoms with Crippen molar-refractivity contribution in [1.82, 2.24) is 0 Å². The average Bonchev–Trinajstić information content (AvgIpc) is 3.16. The standard InChI is InChI=1S/C30H31NO5/c1-4-5-8-18-36-23-16-14-21(15-17-23)28(32)26-27(22-11-9-10-20(2)19-22)31(30(34)29(26)33)24-12-6-7-13-25(24)35-3/h6-7,9-17,19,27,32H,4-5,8,18H2,1-3H3/b28-26-. The van der Waals surface area contributed by atoms with Gasteiger partial charge in [-0.25, -0.2) is 0 Å². The monoisotopic (exact) mass is 485 g/mol. The zero-order chi connectivity index (χ0) is 25.7. The second-order valence-corrected chi connectivity index (χ2v) is 8.84. The topological polar surface area (TPSA) is 76.1 Å². The Labute approximate surface area is 211 Å². The van der Waals surface area contributed by atoms with E-state index in [-0.39, 0.29) is 11.3 Å². The van der Waals surface area contributed by atoms with E-state index < -0.39 is 17.7 Å². The van der Waals surface area contributed by atoms with Crippen LogP contribution in [0.2, 0.25) is 0 Å². The summed E-state index contributed by atoms with van der Waals surface area (Å²) in [7, 11) is 1.52. The lowest BCUT2D eigenvalue weighted by atomic mass is 9.94. The summed E-state index contributed by atoms with van der Waals surface area (Å²) in [5.41, 5.74) is 2.63. The van der Waals surface area contributed by atoms with Crippen LogP contribution in [0.1, 0.15) is 48.9 Å². The summed E-state index contributed by atoms with van der Waals surface area (Å²) in [6.45, 7) is 4.70. The van der Waals surface area contributed by atoms with Crippen molar-refractivity contribution in [2.45, 2.75) is 39.2 Å². The molecule has 186 valence electrons. The Morgan fingerprint density at radius 2 is 1.72 bits per heavy atom. The normalized spacial score (nSPS) is 16.9. The number of para-hydroxylation sites is 2. The van der Waals surface area contributed by atoms with Gasteiger partial charge < -0.3 is 14.6 Å². The van der Waals surface area contributed by atoms with Crippen LogP contribution in [0, 0.1) is 6.92 Å². The number of aliphatic hydroxyl groups excluding tert-OH is 1. The lowest BCUT2D eigenvalue weighted by molar-refractivity contribution is -0.132. The molecule has 0 aliphatic carbocycles. The molecule has 0 radical (unpaired) electrons. The molecular weight excluding hydrogens is 454 g/mol. The van der Waals surface area contributed by atoms with Crippen molar-refractivity contribution in [3.63, 3.8) is 0 Å². The number of carbonyl (C=O) groups excluding carboxylic acids is 2. The second kappa shape index (κ2) is 11.1. The van der Waals surface area contributed by atoms with Gasteiger partial charge in [0.25, 0.3) is 11.7 Å². The molecule has 1 aliphatic rings. The first-order valence-corrected chi connectivity index (χ1v) is 12.2. The van der Waals surface area contributed by atoms with Gasteiger partial charge in [0.15, 0.2) is 0 Å². The summed E-state index contributed by atoms with van der Waals surface area (Å²) in [5.74, 6) is -0.544. The zero-order valence-corrected chi connectivity index (χ0v) is 20.9. The summed E-state index contributed by atoms with van der Waals surface area (Å²) in [5, 5.41) is 11.3. The molecule has 1 unspecified atom stereocenters. The molecule has 1 atom stereocenters. The largest absolute Gasteiger partial charge is 0.507 e. The maximum atomic E-state index is 13.4. The van der Waals surface area contributed by atoms with Crippen LogP contribution in [0.3, 0.4) is 0 Å². The van der Waals surface area contributed by atoms with Crippen LogP contribution in [0.5, 0.6) is 11.5 Å². The lowest BCUT2D eigenvalue weighted by Crippen LogP contribution is -2.29. The molecule has 1 N–H and O–H groups in total. The highest BCUT2D eigenvalue weighted by molar-refractivity contribution is 6.51. The Morgan fingerprint density at radius 1 is 0.972 bits per heavy atom. The molecule has 0 saturated carbocycles. The minimum atomic E-state index is -0.814. The molecule has 3 aromatic rings. The van der Waals surface area contributed by atoms with Crippen LogP contribution in [-0.2, 0) is 9.59 Å². The fraction of sp³-hybridized carbons (Fsp3) is 0.267. The molecule has 1 heterocycles. The summed E-state index contributed by atoms with van der Waals surface area (Å²) >= 11 is 0. The van der Waals surface area contributed by atoms with Crippen LogP contribution < -0.4 is 14.4 Å². The summed E-state index contributed by atoms with van der Waals surface area (Å²) in [6, 6.07) is 20.8. The number of anilines is 1. The number of ether oxygens (including phenoxy) is 2. The fourth-order valence-electron chi connectivity index (χ4n) is 4.47. The van der Waals surface area contributed by atoms with Crippen LogP contribution in [0.15, 0.2) is 78.4 Å². The highest BCUT2D eigenvalue weighted by Gasteiger charge is 2.47. The van der Waals surface area contributed by atoms with Crippen molar-refractivity contribution in [2.75, 3.05) is 18.6 Å². The molecule has 6 heteroatoms. The first-order valence-electron chi connectivity index (χ1n) is 12.2. The first-order chi connectivity index (χ1) is 17.5. The van der Waals surface area contributed by atoms with Gasteiger partial charge in [0.1, 0.15) is 17.3 Å². The number of amides is 1. The summed E-state index contributed by atoms with van der Waals surface area (Å²) in [6.07, 6.45) is 3.19. The molecule has 0 bridgehead atoms. The minimum Gasteiger partial charge on any atom is -0.507 e. The number of hydrogen-bond donors (Lipinski definition) is 1. The number of benzene rings is 3. The number of aryl methyl sites for hydroxylation is 1. The molecule has 36 heavy (non-hydrogen) atoms. The van der Waals surface area contributed by atoms with Crippen molar-refractivity contribution in [2.24, 2.45) is 0 Å². The van der Waals surface area contributed by atoms with Gasteiger partial charge in [-0.2, -0.15) is 0 Å². The number of ketones is 1. The molecule has 6 nitrogen and oxygen atoms in total. The maximum Gasteiger partial charge on any atom is 0.300 e. The van der Waals surface area contributed by atoms with Crippen LogP contribution in [0.25, 0.3) is 5.76 Å². The number of rotatable bonds is 9. The molecule has 0 aromatic heterocycles. The van der Waals surface area contributed by atoms with E-state index in [0.717, 1.165) is 30.4 Å². The number of aliphatic hydroxyl groups is 1. The number of nitrogens with zero attached hydrogens (tertiary/aromatic N) is 1. The summed E-state index contributed by atoms with van der Waals surface area (Å²) < 4.78 is 11.3. The number of methoxy groups -OCH3 is 1. The van der Waals surface area contributed by atoms with E-state index in [0.29, 0.717) is 29.4 Å². The molecule has 3 aromatic carbocycles. The summed E-state index contributed by atoms with van der Waals surface area (Å²) in [4.78, 5) is 28.1. The van der Waals surface area contributed by atoms with Crippen molar-refractivity contribution >= 4 is 23.1 Å². The van der Waals surface area contributed by atoms with E-state index in [2.05, 4.69) is 6.92 Å². The van der Waals surface area contributed by atoms with E-state index >= 15 is 0 Å². The van der Waals surface area contributed by atoms with Gasteiger partial charge in [0, 0.05) is 5.56 Å². The molecule has 0 spiro atoms. The third kappa shape index (κ3) is 4.98. The highest BCUT2D eigenvalue weighted by Crippen LogP contribution is 2.45. The third-order valence-corrected chi connectivity index (χ3v) is 6.29. The molecular formula is C30H31NO5. The third-order valence-electron chi connectivity index (χ3n) is 6.29. The highest BCUT2D eigenvalue weighted by atomic mass is 16.5. The van der Waals surface area contributed by atoms with Gasteiger partial charge in [0.2, 0.25) is 0 Å². The predicted molar refractivity (Wildman–Crippen MR) is 140 cm³/mol. The van der Waals surface area contributed by atoms with Gasteiger partial charge in [0.05, 0.1) is 31.0 Å². The van der Waals surface area contributed by atoms with Crippen LogP contribution >= 0.6 is 0 Å². The van der Waals surface area contributed by atoms with E-state index in [9.17, 15) is 14.7 Å². The minimum absolute atomic E-state index is 0.0353. The first kappa shape index (κ1) is 25.0. The SMILES string of the molecule is CCCCCOc1ccc(/C(O)=C2/C(=O)C(=O)N(c3ccccc3OC)C2c2cccc(C)c2)cc1. The number of carbonyl (C=O) groups is 2. The van der Waals surface area contributed by atoms with Gasteiger partial charge in [-0.1, -0.05) is 61.7 Å². The van der Waals surface area contributed by atoms with Gasteiger partial charge in [-0.3, -0.25) is 14.5 Å². The maximum absolute atomic E-state index is 13.4. The molecule has 4 rings (SSSR count). The number of Topliss-reactive ketones (excluding diaryl/α,β-unsaturated/α-hetero) is 1. The Morgan fingerprint density at radius 3 is 2.42 bits per heavy atom. The van der Waals surface area contributed by atoms with E-state index in [1.807, 2.05) is 31.2 Å². The predicted octanol–water partition coefficient (Wildman–Crippen LogP) is 6.20. The lowest BCUT2D eigenvalue weighted by Gasteiger charge is -2.27. The molecule has 1 aliphatic heterocycles. The van der Waals surface area contributed by atoms with Gasteiger partial charge in [-0.05, 0) is 55.3 Å². The second-order valence-electron chi connectivity index (χ2n) is 8.84. The molecule has 1 fully saturated rings. The Hall–Kier alpha value is -4.06. The Kier molecular flexibility index (Phi) is 7.74. The molecule has 1 amide bonds. The Bertz CT molecular complexity index is 1280. The van der Waals surface area contributed by atoms with E-state index in [1.54, 1.807) is 48.5 Å². The van der Waals surface area contributed by atoms with E-state index in [4.69, 9.17) is 9.47 Å². The zero-order valence-electron chi connectivity index (χ0n) is 20.9. The quantitative estimate of drug-likeness (QED) is 0.169. The van der Waals surface area contributed by atoms with Crippen LogP contribution in [0.4, 0.5) is 5.69 Å². The number of unbranched alkanes of at least 4 members (excludes halogenated alkanes) is 2. The van der Waals surface area contributed by atoms with Crippen molar-refractivity contribution < 1.29 is 24.2 Å². The average molecular weight is 486 g/mol. The van der Waals surface area contributed by atoms with Gasteiger partial charge in [-0.15, -0.1) is 0 Å². The smallest absolute Gasteiger partial charge is 0.300 e. The fourth-order valence-corrected chi connectivity index (χ4v) is 4.47.